The van der Waals surface area contributed by atoms with Crippen molar-refractivity contribution in [2.45, 2.75) is 29.7 Å². The van der Waals surface area contributed by atoms with Crippen LogP contribution >= 0.6 is 46.3 Å². The highest BCUT2D eigenvalue weighted by atomic mass is 35.5. The molecule has 0 bridgehead atoms. The summed E-state index contributed by atoms with van der Waals surface area (Å²) in [6, 6.07) is 10.0. The van der Waals surface area contributed by atoms with Gasteiger partial charge in [-0.1, -0.05) is 58.4 Å². The van der Waals surface area contributed by atoms with Crippen molar-refractivity contribution in [2.24, 2.45) is 5.92 Å². The van der Waals surface area contributed by atoms with Crippen molar-refractivity contribution in [1.82, 2.24) is 4.57 Å². The quantitative estimate of drug-likeness (QED) is 0.177. The van der Waals surface area contributed by atoms with Crippen LogP contribution in [0, 0.1) is 16.0 Å². The van der Waals surface area contributed by atoms with Gasteiger partial charge < -0.3 is 4.74 Å². The summed E-state index contributed by atoms with van der Waals surface area (Å²) in [5, 5.41) is 10.9. The molecule has 0 aliphatic carbocycles. The molecule has 196 valence electrons. The topological polar surface area (TPSA) is 129 Å². The fourth-order valence-electron chi connectivity index (χ4n) is 4.66. The number of carbonyl (C=O) groups excluding carboxylic acids is 3. The van der Waals surface area contributed by atoms with Crippen molar-refractivity contribution in [3.05, 3.63) is 82.7 Å². The highest BCUT2D eigenvalue weighted by Gasteiger charge is 2.57. The maximum Gasteiger partial charge on any atom is 0.326 e. The predicted octanol–water partition coefficient (Wildman–Crippen LogP) is 4.48. The molecule has 2 unspecified atom stereocenters. The van der Waals surface area contributed by atoms with Gasteiger partial charge in [0, 0.05) is 22.9 Å². The molecule has 5 rings (SSSR count). The SMILES string of the molecule is CCOC(=O)Cn1c2c(sc1=O)[C@H](c1cccc(Cl)c1Cl)C1C(=O)N(c3ccc([N+](=O)[O-])cc3)C(=O)C1S2. The van der Waals surface area contributed by atoms with Crippen LogP contribution in [0.15, 0.2) is 52.3 Å². The highest BCUT2D eigenvalue weighted by Crippen LogP contribution is 2.55. The predicted molar refractivity (Wildman–Crippen MR) is 142 cm³/mol. The second-order valence-electron chi connectivity index (χ2n) is 8.40. The van der Waals surface area contributed by atoms with Gasteiger partial charge in [0.1, 0.15) is 11.8 Å². The Kier molecular flexibility index (Phi) is 7.07. The Labute approximate surface area is 233 Å². The molecule has 2 aliphatic heterocycles. The van der Waals surface area contributed by atoms with Gasteiger partial charge in [-0.3, -0.25) is 33.9 Å². The maximum atomic E-state index is 13.8. The van der Waals surface area contributed by atoms with Gasteiger partial charge in [0.25, 0.3) is 5.69 Å². The lowest BCUT2D eigenvalue weighted by molar-refractivity contribution is -0.384. The molecule has 10 nitrogen and oxygen atoms in total. The Hall–Kier alpha value is -3.19. The van der Waals surface area contributed by atoms with Gasteiger partial charge in [-0.2, -0.15) is 0 Å². The van der Waals surface area contributed by atoms with Gasteiger partial charge in [0.2, 0.25) is 11.8 Å². The summed E-state index contributed by atoms with van der Waals surface area (Å²) in [7, 11) is 0. The van der Waals surface area contributed by atoms with E-state index in [4.69, 9.17) is 27.9 Å². The molecule has 0 N–H and O–H groups in total. The summed E-state index contributed by atoms with van der Waals surface area (Å²) in [5.74, 6) is -3.44. The average Bonchev–Trinajstić information content (AvgIpc) is 3.32. The Morgan fingerprint density at radius 3 is 2.47 bits per heavy atom. The summed E-state index contributed by atoms with van der Waals surface area (Å²) in [4.78, 5) is 64.3. The number of halogens is 2. The lowest BCUT2D eigenvalue weighted by Crippen LogP contribution is -2.33. The van der Waals surface area contributed by atoms with E-state index in [0.29, 0.717) is 15.5 Å². The van der Waals surface area contributed by atoms with E-state index in [1.165, 1.54) is 28.8 Å². The van der Waals surface area contributed by atoms with E-state index in [9.17, 15) is 29.3 Å². The minimum atomic E-state index is -0.951. The molecule has 0 saturated carbocycles. The van der Waals surface area contributed by atoms with Gasteiger partial charge in [-0.15, -0.1) is 0 Å². The van der Waals surface area contributed by atoms with Gasteiger partial charge in [-0.25, -0.2) is 4.90 Å². The number of fused-ring (bicyclic) bond motifs is 2. The molecule has 1 fully saturated rings. The number of imide groups is 1. The second-order valence-corrected chi connectivity index (χ2v) is 11.3. The molecule has 3 aromatic rings. The molecule has 3 heterocycles. The van der Waals surface area contributed by atoms with Crippen LogP contribution in [0.5, 0.6) is 0 Å². The molecule has 2 aliphatic rings. The van der Waals surface area contributed by atoms with E-state index >= 15 is 0 Å². The number of rotatable bonds is 6. The minimum absolute atomic E-state index is 0.135. The fourth-order valence-corrected chi connectivity index (χ4v) is 7.85. The minimum Gasteiger partial charge on any atom is -0.465 e. The molecule has 14 heteroatoms. The second kappa shape index (κ2) is 10.2. The van der Waals surface area contributed by atoms with Crippen LogP contribution in [0.4, 0.5) is 11.4 Å². The van der Waals surface area contributed by atoms with Gasteiger partial charge in [0.15, 0.2) is 0 Å². The average molecular weight is 594 g/mol. The molecule has 38 heavy (non-hydrogen) atoms. The van der Waals surface area contributed by atoms with E-state index < -0.39 is 44.7 Å². The third-order valence-electron chi connectivity index (χ3n) is 6.28. The standard InChI is InChI=1S/C24H17Cl2N3O7S2/c1-2-36-15(30)10-27-23-20(38-24(27)33)16(13-4-3-5-14(25)18(13)26)17-19(37-23)22(32)28(21(17)31)11-6-8-12(9-7-11)29(34)35/h3-9,16-17,19H,2,10H2,1H3/t16-,17?,19?/m1/s1. The van der Waals surface area contributed by atoms with Crippen LogP contribution in [0.2, 0.25) is 10.0 Å². The zero-order chi connectivity index (χ0) is 27.3. The molecule has 1 saturated heterocycles. The third-order valence-corrected chi connectivity index (χ3v) is 9.71. The fraction of sp³-hybridized carbons (Fsp3) is 0.250. The number of aromatic nitrogens is 1. The summed E-state index contributed by atoms with van der Waals surface area (Å²) >= 11 is 14.8. The number of thiazole rings is 1. The Balaban J connectivity index is 1.65. The number of thioether (sulfide) groups is 1. The smallest absolute Gasteiger partial charge is 0.326 e. The van der Waals surface area contributed by atoms with Gasteiger partial charge in [-0.05, 0) is 30.7 Å². The first-order chi connectivity index (χ1) is 18.1. The number of nitro benzene ring substituents is 1. The number of ether oxygens (including phenoxy) is 1. The van der Waals surface area contributed by atoms with E-state index in [-0.39, 0.29) is 34.6 Å². The molecule has 1 aromatic heterocycles. The number of carbonyl (C=O) groups is 3. The van der Waals surface area contributed by atoms with Crippen molar-refractivity contribution >= 4 is 75.5 Å². The largest absolute Gasteiger partial charge is 0.465 e. The Morgan fingerprint density at radius 1 is 1.11 bits per heavy atom. The molecular weight excluding hydrogens is 577 g/mol. The van der Waals surface area contributed by atoms with Crippen LogP contribution < -0.4 is 9.77 Å². The van der Waals surface area contributed by atoms with Crippen molar-refractivity contribution < 1.29 is 24.0 Å². The number of nitrogens with zero attached hydrogens (tertiary/aromatic N) is 3. The van der Waals surface area contributed by atoms with Crippen molar-refractivity contribution in [2.75, 3.05) is 11.5 Å². The summed E-state index contributed by atoms with van der Waals surface area (Å²) < 4.78 is 6.26. The number of hydrogen-bond donors (Lipinski definition) is 0. The number of amides is 2. The maximum absolute atomic E-state index is 13.8. The number of anilines is 1. The van der Waals surface area contributed by atoms with E-state index in [1.807, 2.05) is 0 Å². The number of esters is 1. The number of non-ortho nitro benzene ring substituents is 1. The molecule has 2 amide bonds. The Bertz CT molecular complexity index is 1550. The first kappa shape index (κ1) is 26.4. The van der Waals surface area contributed by atoms with Crippen LogP contribution in [-0.2, 0) is 25.7 Å². The number of nitro groups is 1. The molecule has 3 atom stereocenters. The first-order valence-electron chi connectivity index (χ1n) is 11.3. The lowest BCUT2D eigenvalue weighted by Gasteiger charge is -2.31. The molecule has 0 radical (unpaired) electrons. The molecular formula is C24H17Cl2N3O7S2. The molecule has 0 spiro atoms. The normalized spacial score (nSPS) is 20.3. The monoisotopic (exact) mass is 593 g/mol. The van der Waals surface area contributed by atoms with Crippen molar-refractivity contribution in [1.29, 1.82) is 0 Å². The van der Waals surface area contributed by atoms with E-state index in [1.54, 1.807) is 25.1 Å². The Morgan fingerprint density at radius 2 is 1.82 bits per heavy atom. The van der Waals surface area contributed by atoms with Gasteiger partial charge in [0.05, 0.1) is 38.2 Å². The van der Waals surface area contributed by atoms with E-state index in [2.05, 4.69) is 0 Å². The summed E-state index contributed by atoms with van der Waals surface area (Å²) in [5.41, 5.74) is 0.462. The van der Waals surface area contributed by atoms with Crippen LogP contribution in [0.3, 0.4) is 0 Å². The zero-order valence-corrected chi connectivity index (χ0v) is 22.6. The van der Waals surface area contributed by atoms with Crippen LogP contribution in [0.25, 0.3) is 0 Å². The van der Waals surface area contributed by atoms with Crippen LogP contribution in [0.1, 0.15) is 23.3 Å². The molecule has 2 aromatic carbocycles. The van der Waals surface area contributed by atoms with E-state index in [0.717, 1.165) is 28.0 Å². The highest BCUT2D eigenvalue weighted by molar-refractivity contribution is 8.00. The summed E-state index contributed by atoms with van der Waals surface area (Å²) in [6.45, 7) is 1.43. The number of benzene rings is 2. The first-order valence-corrected chi connectivity index (χ1v) is 13.7. The van der Waals surface area contributed by atoms with Crippen molar-refractivity contribution in [3.8, 4) is 0 Å². The van der Waals surface area contributed by atoms with Gasteiger partial charge >= 0.3 is 10.8 Å². The third kappa shape index (κ3) is 4.31. The summed E-state index contributed by atoms with van der Waals surface area (Å²) in [6.07, 6.45) is 0. The number of hydrogen-bond acceptors (Lipinski definition) is 9. The lowest BCUT2D eigenvalue weighted by atomic mass is 9.83. The van der Waals surface area contributed by atoms with Crippen LogP contribution in [-0.4, -0.2) is 39.1 Å². The zero-order valence-electron chi connectivity index (χ0n) is 19.5. The van der Waals surface area contributed by atoms with Crippen molar-refractivity contribution in [3.63, 3.8) is 0 Å².